The van der Waals surface area contributed by atoms with E-state index in [0.717, 1.165) is 54.0 Å². The fourth-order valence-electron chi connectivity index (χ4n) is 3.82. The van der Waals surface area contributed by atoms with Gasteiger partial charge in [0.2, 0.25) is 5.91 Å². The second-order valence-corrected chi connectivity index (χ2v) is 7.19. The molecule has 1 N–H and O–H groups in total. The fourth-order valence-corrected chi connectivity index (χ4v) is 3.82. The van der Waals surface area contributed by atoms with E-state index in [9.17, 15) is 9.18 Å². The molecule has 0 unspecified atom stereocenters. The van der Waals surface area contributed by atoms with Gasteiger partial charge in [0.05, 0.1) is 17.5 Å². The predicted octanol–water partition coefficient (Wildman–Crippen LogP) is 3.69. The summed E-state index contributed by atoms with van der Waals surface area (Å²) < 4.78 is 17.1. The van der Waals surface area contributed by atoms with Crippen LogP contribution in [0.2, 0.25) is 0 Å². The molecule has 1 aliphatic rings. The SMILES string of the molecule is CC(=O)Nc1cn2nc(-c3c(-c4ccc(F)cc4)nn4c3CCCC4)ccc2n1. The Morgan fingerprint density at radius 1 is 1.10 bits per heavy atom. The minimum absolute atomic E-state index is 0.182. The summed E-state index contributed by atoms with van der Waals surface area (Å²) in [5.41, 5.74) is 5.18. The number of hydrogen-bond donors (Lipinski definition) is 1. The molecule has 0 saturated heterocycles. The Morgan fingerprint density at radius 3 is 2.72 bits per heavy atom. The average Bonchev–Trinajstić information content (AvgIpc) is 3.28. The minimum Gasteiger partial charge on any atom is -0.310 e. The van der Waals surface area contributed by atoms with Crippen molar-refractivity contribution in [3.63, 3.8) is 0 Å². The van der Waals surface area contributed by atoms with Crippen molar-refractivity contribution in [2.75, 3.05) is 5.32 Å². The summed E-state index contributed by atoms with van der Waals surface area (Å²) >= 11 is 0. The molecule has 4 aromatic rings. The van der Waals surface area contributed by atoms with E-state index in [1.807, 2.05) is 16.8 Å². The number of halogens is 1. The van der Waals surface area contributed by atoms with E-state index in [0.29, 0.717) is 11.5 Å². The van der Waals surface area contributed by atoms with Gasteiger partial charge in [0.1, 0.15) is 11.5 Å². The van der Waals surface area contributed by atoms with Gasteiger partial charge in [0, 0.05) is 24.7 Å². The highest BCUT2D eigenvalue weighted by atomic mass is 19.1. The third-order valence-electron chi connectivity index (χ3n) is 5.09. The topological polar surface area (TPSA) is 77.1 Å². The lowest BCUT2D eigenvalue weighted by Crippen LogP contribution is -2.11. The van der Waals surface area contributed by atoms with Crippen LogP contribution in [0, 0.1) is 5.82 Å². The molecule has 1 aliphatic heterocycles. The number of fused-ring (bicyclic) bond motifs is 2. The number of benzene rings is 1. The van der Waals surface area contributed by atoms with Gasteiger partial charge in [-0.25, -0.2) is 13.9 Å². The van der Waals surface area contributed by atoms with Crippen molar-refractivity contribution in [2.24, 2.45) is 0 Å². The molecule has 4 heterocycles. The second kappa shape index (κ2) is 6.80. The van der Waals surface area contributed by atoms with Crippen LogP contribution < -0.4 is 5.32 Å². The quantitative estimate of drug-likeness (QED) is 0.579. The third kappa shape index (κ3) is 3.16. The molecule has 0 atom stereocenters. The number of aryl methyl sites for hydroxylation is 1. The second-order valence-electron chi connectivity index (χ2n) is 7.19. The lowest BCUT2D eigenvalue weighted by atomic mass is 9.99. The Hall–Kier alpha value is -3.55. The van der Waals surface area contributed by atoms with Gasteiger partial charge in [-0.3, -0.25) is 9.48 Å². The molecule has 0 radical (unpaired) electrons. The third-order valence-corrected chi connectivity index (χ3v) is 5.09. The number of aromatic nitrogens is 5. The van der Waals surface area contributed by atoms with Gasteiger partial charge < -0.3 is 5.32 Å². The molecule has 29 heavy (non-hydrogen) atoms. The Balaban J connectivity index is 1.67. The number of rotatable bonds is 3. The van der Waals surface area contributed by atoms with Crippen molar-refractivity contribution >= 4 is 17.4 Å². The highest BCUT2D eigenvalue weighted by molar-refractivity contribution is 5.88. The van der Waals surface area contributed by atoms with E-state index < -0.39 is 0 Å². The van der Waals surface area contributed by atoms with Gasteiger partial charge in [-0.15, -0.1) is 0 Å². The fraction of sp³-hybridized carbons (Fsp3) is 0.238. The van der Waals surface area contributed by atoms with Crippen LogP contribution in [0.4, 0.5) is 10.2 Å². The average molecular weight is 390 g/mol. The van der Waals surface area contributed by atoms with Gasteiger partial charge in [-0.1, -0.05) is 0 Å². The Bertz CT molecular complexity index is 1220. The molecule has 0 spiro atoms. The summed E-state index contributed by atoms with van der Waals surface area (Å²) in [5.74, 6) is -0.00129. The van der Waals surface area contributed by atoms with E-state index in [2.05, 4.69) is 10.3 Å². The monoisotopic (exact) mass is 390 g/mol. The number of carbonyl (C=O) groups is 1. The molecule has 7 nitrogen and oxygen atoms in total. The van der Waals surface area contributed by atoms with Crippen molar-refractivity contribution in [1.82, 2.24) is 24.4 Å². The summed E-state index contributed by atoms with van der Waals surface area (Å²) in [4.78, 5) is 15.7. The van der Waals surface area contributed by atoms with Gasteiger partial charge in [-0.05, 0) is 55.7 Å². The van der Waals surface area contributed by atoms with Crippen molar-refractivity contribution in [1.29, 1.82) is 0 Å². The van der Waals surface area contributed by atoms with Gasteiger partial charge in [-0.2, -0.15) is 10.2 Å². The molecule has 8 heteroatoms. The highest BCUT2D eigenvalue weighted by Gasteiger charge is 2.24. The molecular weight excluding hydrogens is 371 g/mol. The Morgan fingerprint density at radius 2 is 1.93 bits per heavy atom. The molecule has 0 saturated carbocycles. The standard InChI is InChI=1S/C21H19FN6O/c1-13(29)23-18-12-28-19(24-18)10-9-16(25-28)20-17-4-2-3-11-27(17)26-21(20)14-5-7-15(22)8-6-14/h5-10,12H,2-4,11H2,1H3,(H,23,29). The zero-order valence-electron chi connectivity index (χ0n) is 15.9. The first-order valence-electron chi connectivity index (χ1n) is 9.58. The maximum absolute atomic E-state index is 13.4. The smallest absolute Gasteiger partial charge is 0.222 e. The predicted molar refractivity (Wildman–Crippen MR) is 107 cm³/mol. The Labute approximate surface area is 166 Å². The first kappa shape index (κ1) is 17.5. The largest absolute Gasteiger partial charge is 0.310 e. The number of carbonyl (C=O) groups excluding carboxylic acids is 1. The van der Waals surface area contributed by atoms with Crippen molar-refractivity contribution < 1.29 is 9.18 Å². The number of hydrogen-bond acceptors (Lipinski definition) is 4. The van der Waals surface area contributed by atoms with Gasteiger partial charge in [0.25, 0.3) is 0 Å². The van der Waals surface area contributed by atoms with Crippen LogP contribution >= 0.6 is 0 Å². The van der Waals surface area contributed by atoms with Crippen molar-refractivity contribution in [3.05, 3.63) is 54.1 Å². The van der Waals surface area contributed by atoms with Crippen LogP contribution in [0.3, 0.4) is 0 Å². The number of nitrogens with one attached hydrogen (secondary N) is 1. The Kier molecular flexibility index (Phi) is 4.12. The number of anilines is 1. The van der Waals surface area contributed by atoms with Gasteiger partial charge >= 0.3 is 0 Å². The lowest BCUT2D eigenvalue weighted by Gasteiger charge is -2.14. The van der Waals surface area contributed by atoms with E-state index in [1.54, 1.807) is 22.8 Å². The van der Waals surface area contributed by atoms with Crippen LogP contribution in [0.1, 0.15) is 25.5 Å². The zero-order chi connectivity index (χ0) is 20.0. The summed E-state index contributed by atoms with van der Waals surface area (Å²) in [6, 6.07) is 10.2. The summed E-state index contributed by atoms with van der Waals surface area (Å²) in [6.45, 7) is 2.31. The molecule has 5 rings (SSSR count). The lowest BCUT2D eigenvalue weighted by molar-refractivity contribution is -0.114. The first-order chi connectivity index (χ1) is 14.1. The highest BCUT2D eigenvalue weighted by Crippen LogP contribution is 2.36. The van der Waals surface area contributed by atoms with Crippen LogP contribution in [-0.2, 0) is 17.8 Å². The number of imidazole rings is 1. The van der Waals surface area contributed by atoms with Crippen LogP contribution in [0.15, 0.2) is 42.6 Å². The molecule has 1 amide bonds. The molecule has 3 aromatic heterocycles. The van der Waals surface area contributed by atoms with E-state index >= 15 is 0 Å². The van der Waals surface area contributed by atoms with E-state index in [1.165, 1.54) is 19.1 Å². The maximum atomic E-state index is 13.4. The molecule has 146 valence electrons. The van der Waals surface area contributed by atoms with Gasteiger partial charge in [0.15, 0.2) is 11.5 Å². The molecule has 1 aromatic carbocycles. The molecule has 0 aliphatic carbocycles. The number of nitrogens with zero attached hydrogens (tertiary/aromatic N) is 5. The van der Waals surface area contributed by atoms with Crippen LogP contribution in [0.25, 0.3) is 28.2 Å². The summed E-state index contributed by atoms with van der Waals surface area (Å²) in [7, 11) is 0. The van der Waals surface area contributed by atoms with Crippen LogP contribution in [-0.4, -0.2) is 30.3 Å². The van der Waals surface area contributed by atoms with Crippen molar-refractivity contribution in [3.8, 4) is 22.5 Å². The maximum Gasteiger partial charge on any atom is 0.222 e. The summed E-state index contributed by atoms with van der Waals surface area (Å²) in [5, 5.41) is 12.2. The summed E-state index contributed by atoms with van der Waals surface area (Å²) in [6.07, 6.45) is 4.80. The minimum atomic E-state index is -0.275. The first-order valence-corrected chi connectivity index (χ1v) is 9.58. The molecule has 0 bridgehead atoms. The zero-order valence-corrected chi connectivity index (χ0v) is 15.9. The molecular formula is C21H19FN6O. The molecule has 0 fully saturated rings. The van der Waals surface area contributed by atoms with E-state index in [-0.39, 0.29) is 11.7 Å². The normalized spacial score (nSPS) is 13.4. The van der Waals surface area contributed by atoms with Crippen LogP contribution in [0.5, 0.6) is 0 Å². The number of amides is 1. The van der Waals surface area contributed by atoms with Crippen molar-refractivity contribution in [2.45, 2.75) is 32.7 Å². The van der Waals surface area contributed by atoms with E-state index in [4.69, 9.17) is 10.2 Å².